The Morgan fingerprint density at radius 1 is 1.60 bits per heavy atom. The molecule has 2 N–H and O–H groups in total. The van der Waals surface area contributed by atoms with Gasteiger partial charge in [-0.3, -0.25) is 10.1 Å². The topological polar surface area (TPSA) is 95.7 Å². The molecule has 20 heavy (non-hydrogen) atoms. The number of amides is 1. The molecule has 1 atom stereocenters. The Kier molecular flexibility index (Phi) is 4.07. The molecule has 1 unspecified atom stereocenters. The fourth-order valence-electron chi connectivity index (χ4n) is 2.07. The predicted molar refractivity (Wildman–Crippen MR) is 72.4 cm³/mol. The van der Waals surface area contributed by atoms with E-state index in [1.165, 1.54) is 11.0 Å². The van der Waals surface area contributed by atoms with E-state index in [9.17, 15) is 19.3 Å². The minimum atomic E-state index is -1.02. The maximum Gasteiger partial charge on any atom is 0.407 e. The molecule has 9 heteroatoms. The normalized spacial score (nSPS) is 18.1. The van der Waals surface area contributed by atoms with Crippen LogP contribution in [-0.4, -0.2) is 40.2 Å². The van der Waals surface area contributed by atoms with Crippen molar-refractivity contribution in [3.63, 3.8) is 0 Å². The van der Waals surface area contributed by atoms with Gasteiger partial charge in [0.15, 0.2) is 0 Å². The number of nitrogens with zero attached hydrogens (tertiary/aromatic N) is 2. The first-order valence-corrected chi connectivity index (χ1v) is 6.55. The maximum absolute atomic E-state index is 13.3. The van der Waals surface area contributed by atoms with E-state index in [2.05, 4.69) is 21.2 Å². The average Bonchev–Trinajstić information content (AvgIpc) is 2.82. The van der Waals surface area contributed by atoms with Crippen molar-refractivity contribution in [3.05, 3.63) is 32.5 Å². The number of halogens is 2. The summed E-state index contributed by atoms with van der Waals surface area (Å²) in [6.45, 7) is 0.602. The number of carbonyl (C=O) groups is 1. The van der Waals surface area contributed by atoms with Crippen LogP contribution in [0.1, 0.15) is 6.42 Å². The molecule has 0 bridgehead atoms. The zero-order valence-corrected chi connectivity index (χ0v) is 11.8. The second-order valence-electron chi connectivity index (χ2n) is 4.40. The van der Waals surface area contributed by atoms with Crippen LogP contribution >= 0.6 is 15.9 Å². The van der Waals surface area contributed by atoms with Gasteiger partial charge in [-0.25, -0.2) is 9.18 Å². The van der Waals surface area contributed by atoms with E-state index in [0.29, 0.717) is 13.0 Å². The Morgan fingerprint density at radius 3 is 2.85 bits per heavy atom. The van der Waals surface area contributed by atoms with Crippen molar-refractivity contribution in [2.75, 3.05) is 18.4 Å². The number of benzene rings is 1. The monoisotopic (exact) mass is 347 g/mol. The molecule has 1 saturated heterocycles. The summed E-state index contributed by atoms with van der Waals surface area (Å²) in [5.41, 5.74) is -0.208. The van der Waals surface area contributed by atoms with Gasteiger partial charge in [0.05, 0.1) is 15.5 Å². The number of hydrogen-bond donors (Lipinski definition) is 2. The number of rotatable bonds is 3. The first-order chi connectivity index (χ1) is 9.38. The van der Waals surface area contributed by atoms with Crippen LogP contribution in [0.4, 0.5) is 20.6 Å². The van der Waals surface area contributed by atoms with Gasteiger partial charge in [0, 0.05) is 19.1 Å². The molecule has 2 rings (SSSR count). The molecule has 0 radical (unpaired) electrons. The van der Waals surface area contributed by atoms with Crippen molar-refractivity contribution in [2.45, 2.75) is 12.5 Å². The Balaban J connectivity index is 2.19. The molecule has 1 aliphatic rings. The molecule has 108 valence electrons. The van der Waals surface area contributed by atoms with Crippen molar-refractivity contribution < 1.29 is 19.2 Å². The van der Waals surface area contributed by atoms with Gasteiger partial charge in [-0.15, -0.1) is 0 Å². The number of nitrogens with one attached hydrogen (secondary N) is 1. The Morgan fingerprint density at radius 2 is 2.30 bits per heavy atom. The molecular weight excluding hydrogens is 337 g/mol. The van der Waals surface area contributed by atoms with Crippen LogP contribution in [0.3, 0.4) is 0 Å². The van der Waals surface area contributed by atoms with E-state index in [-0.39, 0.29) is 28.4 Å². The van der Waals surface area contributed by atoms with Crippen LogP contribution < -0.4 is 5.32 Å². The van der Waals surface area contributed by atoms with E-state index >= 15 is 0 Å². The summed E-state index contributed by atoms with van der Waals surface area (Å²) in [6.07, 6.45) is -0.484. The highest BCUT2D eigenvalue weighted by molar-refractivity contribution is 9.10. The van der Waals surface area contributed by atoms with E-state index in [0.717, 1.165) is 6.07 Å². The lowest BCUT2D eigenvalue weighted by Gasteiger charge is -2.15. The Bertz CT molecular complexity index is 569. The molecule has 1 fully saturated rings. The largest absolute Gasteiger partial charge is 0.465 e. The summed E-state index contributed by atoms with van der Waals surface area (Å²) in [5, 5.41) is 22.7. The molecule has 0 spiro atoms. The van der Waals surface area contributed by atoms with Gasteiger partial charge in [-0.1, -0.05) is 0 Å². The Hall–Kier alpha value is -1.90. The second kappa shape index (κ2) is 5.61. The van der Waals surface area contributed by atoms with Crippen molar-refractivity contribution in [3.8, 4) is 0 Å². The molecule has 0 saturated carbocycles. The maximum atomic E-state index is 13.3. The van der Waals surface area contributed by atoms with Crippen LogP contribution in [0.5, 0.6) is 0 Å². The first-order valence-electron chi connectivity index (χ1n) is 5.76. The number of likely N-dealkylation sites (tertiary alicyclic amines) is 1. The van der Waals surface area contributed by atoms with E-state index in [1.54, 1.807) is 0 Å². The summed E-state index contributed by atoms with van der Waals surface area (Å²) < 4.78 is 13.4. The Labute approximate surface area is 121 Å². The smallest absolute Gasteiger partial charge is 0.407 e. The lowest BCUT2D eigenvalue weighted by Crippen LogP contribution is -2.30. The number of nitro groups is 1. The second-order valence-corrected chi connectivity index (χ2v) is 5.25. The van der Waals surface area contributed by atoms with Crippen LogP contribution in [0.15, 0.2) is 16.6 Å². The third-order valence-electron chi connectivity index (χ3n) is 3.05. The van der Waals surface area contributed by atoms with Gasteiger partial charge < -0.3 is 15.3 Å². The molecule has 1 aliphatic heterocycles. The number of hydrogen-bond acceptors (Lipinski definition) is 4. The summed E-state index contributed by atoms with van der Waals surface area (Å²) in [7, 11) is 0. The zero-order chi connectivity index (χ0) is 14.9. The van der Waals surface area contributed by atoms with Crippen LogP contribution in [-0.2, 0) is 0 Å². The minimum absolute atomic E-state index is 0.110. The van der Waals surface area contributed by atoms with E-state index < -0.39 is 16.8 Å². The van der Waals surface area contributed by atoms with Crippen molar-refractivity contribution in [2.24, 2.45) is 0 Å². The van der Waals surface area contributed by atoms with Crippen LogP contribution in [0, 0.1) is 15.9 Å². The lowest BCUT2D eigenvalue weighted by molar-refractivity contribution is -0.384. The molecule has 1 aromatic carbocycles. The van der Waals surface area contributed by atoms with Gasteiger partial charge >= 0.3 is 6.09 Å². The van der Waals surface area contributed by atoms with E-state index in [4.69, 9.17) is 5.11 Å². The fraction of sp³-hybridized carbons (Fsp3) is 0.364. The number of carboxylic acid groups (broad SMARTS) is 1. The fourth-order valence-corrected chi connectivity index (χ4v) is 2.42. The molecule has 0 aliphatic carbocycles. The first kappa shape index (κ1) is 14.5. The number of anilines is 1. The summed E-state index contributed by atoms with van der Waals surface area (Å²) in [6, 6.07) is 1.88. The predicted octanol–water partition coefficient (Wildman–Crippen LogP) is 2.66. The molecule has 1 heterocycles. The van der Waals surface area contributed by atoms with Gasteiger partial charge in [0.2, 0.25) is 0 Å². The van der Waals surface area contributed by atoms with Crippen molar-refractivity contribution in [1.29, 1.82) is 0 Å². The average molecular weight is 348 g/mol. The van der Waals surface area contributed by atoms with Crippen LogP contribution in [0.25, 0.3) is 0 Å². The third-order valence-corrected chi connectivity index (χ3v) is 3.66. The van der Waals surface area contributed by atoms with Gasteiger partial charge in [-0.05, 0) is 28.4 Å². The highest BCUT2D eigenvalue weighted by Crippen LogP contribution is 2.31. The van der Waals surface area contributed by atoms with Gasteiger partial charge in [-0.2, -0.15) is 0 Å². The highest BCUT2D eigenvalue weighted by atomic mass is 79.9. The summed E-state index contributed by atoms with van der Waals surface area (Å²) in [5.74, 6) is -0.721. The molecule has 0 aromatic heterocycles. The van der Waals surface area contributed by atoms with Crippen molar-refractivity contribution >= 4 is 33.4 Å². The van der Waals surface area contributed by atoms with Crippen molar-refractivity contribution in [1.82, 2.24) is 4.90 Å². The molecular formula is C11H11BrFN3O4. The molecule has 1 amide bonds. The molecule has 1 aromatic rings. The van der Waals surface area contributed by atoms with E-state index in [1.807, 2.05) is 0 Å². The van der Waals surface area contributed by atoms with Gasteiger partial charge in [0.25, 0.3) is 5.69 Å². The summed E-state index contributed by atoms with van der Waals surface area (Å²) in [4.78, 5) is 22.3. The third kappa shape index (κ3) is 2.98. The SMILES string of the molecule is O=C(O)N1CCC(Nc2cc(Br)c(F)cc2[N+](=O)[O-])C1. The van der Waals surface area contributed by atoms with Crippen LogP contribution in [0.2, 0.25) is 0 Å². The number of nitro benzene ring substituents is 1. The lowest BCUT2D eigenvalue weighted by atomic mass is 10.2. The zero-order valence-electron chi connectivity index (χ0n) is 10.2. The quantitative estimate of drug-likeness (QED) is 0.647. The minimum Gasteiger partial charge on any atom is -0.465 e. The molecule has 7 nitrogen and oxygen atoms in total. The van der Waals surface area contributed by atoms with Gasteiger partial charge in [0.1, 0.15) is 11.5 Å². The summed E-state index contributed by atoms with van der Waals surface area (Å²) >= 11 is 2.97. The standard InChI is InChI=1S/C11H11BrFN3O4/c12-7-3-9(10(16(19)20)4-8(7)13)14-6-1-2-15(5-6)11(17)18/h3-4,6,14H,1-2,5H2,(H,17,18). The highest BCUT2D eigenvalue weighted by Gasteiger charge is 2.28.